The first kappa shape index (κ1) is 13.3. The van der Waals surface area contributed by atoms with E-state index in [0.717, 1.165) is 16.7 Å². The van der Waals surface area contributed by atoms with Crippen molar-refractivity contribution in [2.75, 3.05) is 0 Å². The van der Waals surface area contributed by atoms with E-state index >= 15 is 0 Å². The van der Waals surface area contributed by atoms with E-state index in [1.165, 1.54) is 7.05 Å². The van der Waals surface area contributed by atoms with Crippen LogP contribution in [0.2, 0.25) is 0 Å². The number of hydrogen-bond acceptors (Lipinski definition) is 1. The van der Waals surface area contributed by atoms with Crippen LogP contribution in [0.15, 0.2) is 12.1 Å². The van der Waals surface area contributed by atoms with Gasteiger partial charge in [0.2, 0.25) is 0 Å². The number of rotatable bonds is 1. The second-order valence-electron chi connectivity index (χ2n) is 2.39. The van der Waals surface area contributed by atoms with E-state index in [4.69, 9.17) is 5.26 Å². The van der Waals surface area contributed by atoms with Gasteiger partial charge in [0.25, 0.3) is 0 Å². The Kier molecular flexibility index (Phi) is 4.76. The summed E-state index contributed by atoms with van der Waals surface area (Å²) >= 11 is 0. The summed E-state index contributed by atoms with van der Waals surface area (Å²) in [7, 11) is 1.23. The Balaban J connectivity index is 0.00000144. The van der Waals surface area contributed by atoms with Crippen molar-refractivity contribution in [2.24, 2.45) is 7.05 Å². The molecule has 0 N–H and O–H groups in total. The van der Waals surface area contributed by atoms with E-state index in [1.807, 2.05) is 0 Å². The third-order valence-electron chi connectivity index (χ3n) is 1.61. The molecule has 0 unspecified atom stereocenters. The van der Waals surface area contributed by atoms with Crippen molar-refractivity contribution in [3.05, 3.63) is 17.8 Å². The molecule has 0 amide bonds. The average molecular weight is 213 g/mol. The Labute approximate surface area is 116 Å². The summed E-state index contributed by atoms with van der Waals surface area (Å²) in [6.07, 6.45) is 0. The van der Waals surface area contributed by atoms with Gasteiger partial charge in [0.1, 0.15) is 11.8 Å². The van der Waals surface area contributed by atoms with E-state index < -0.39 is 12.6 Å². The molecular formula is C6H6BF3KN2-. The Morgan fingerprint density at radius 1 is 1.38 bits per heavy atom. The third kappa shape index (κ3) is 2.86. The van der Waals surface area contributed by atoms with Crippen LogP contribution in [0, 0.1) is 11.3 Å². The topological polar surface area (TPSA) is 28.7 Å². The molecule has 7 heteroatoms. The van der Waals surface area contributed by atoms with Gasteiger partial charge < -0.3 is 17.5 Å². The van der Waals surface area contributed by atoms with Crippen LogP contribution in [0.1, 0.15) is 5.69 Å². The summed E-state index contributed by atoms with van der Waals surface area (Å²) in [6.45, 7) is -5.00. The molecule has 1 aromatic heterocycles. The first-order chi connectivity index (χ1) is 5.46. The van der Waals surface area contributed by atoms with Crippen LogP contribution in [-0.2, 0) is 7.05 Å². The Hall–Kier alpha value is 0.261. The van der Waals surface area contributed by atoms with E-state index in [1.54, 1.807) is 6.07 Å². The van der Waals surface area contributed by atoms with Crippen molar-refractivity contribution < 1.29 is 12.9 Å². The average Bonchev–Trinajstić information content (AvgIpc) is 2.29. The number of nitrogens with zero attached hydrogens (tertiary/aromatic N) is 2. The molecule has 0 aliphatic heterocycles. The van der Waals surface area contributed by atoms with Gasteiger partial charge in [0.05, 0.1) is 0 Å². The van der Waals surface area contributed by atoms with Gasteiger partial charge >= 0.3 is 58.4 Å². The summed E-state index contributed by atoms with van der Waals surface area (Å²) in [5.74, 6) is 0. The van der Waals surface area contributed by atoms with Crippen LogP contribution in [0.25, 0.3) is 0 Å². The van der Waals surface area contributed by atoms with Crippen molar-refractivity contribution in [3.63, 3.8) is 0 Å². The molecule has 2 nitrogen and oxygen atoms in total. The second-order valence-corrected chi connectivity index (χ2v) is 2.39. The summed E-state index contributed by atoms with van der Waals surface area (Å²) < 4.78 is 37.2. The fourth-order valence-corrected chi connectivity index (χ4v) is 0.968. The van der Waals surface area contributed by atoms with Crippen LogP contribution in [0.4, 0.5) is 12.9 Å². The van der Waals surface area contributed by atoms with Gasteiger partial charge in [-0.05, 0) is 11.7 Å². The second kappa shape index (κ2) is 4.66. The first-order valence-corrected chi connectivity index (χ1v) is 3.22. The maximum absolute atomic E-state index is 12.1. The zero-order chi connectivity index (χ0) is 9.35. The molecule has 13 heavy (non-hydrogen) atoms. The summed E-state index contributed by atoms with van der Waals surface area (Å²) in [5, 5.41) is 8.37. The van der Waals surface area contributed by atoms with E-state index in [0.29, 0.717) is 0 Å². The molecule has 0 fully saturated rings. The van der Waals surface area contributed by atoms with Crippen LogP contribution < -0.4 is 5.59 Å². The molecule has 0 radical (unpaired) electrons. The SMILES string of the molecule is Cn1c(C#N)ccc1[B-](F)(F)F.[KH]. The zero-order valence-electron chi connectivity index (χ0n) is 6.26. The van der Waals surface area contributed by atoms with Crippen LogP contribution in [0.5, 0.6) is 0 Å². The normalized spacial score (nSPS) is 10.4. The van der Waals surface area contributed by atoms with Gasteiger partial charge in [0.15, 0.2) is 0 Å². The monoisotopic (exact) mass is 213 g/mol. The van der Waals surface area contributed by atoms with E-state index in [9.17, 15) is 12.9 Å². The fourth-order valence-electron chi connectivity index (χ4n) is 0.968. The van der Waals surface area contributed by atoms with Crippen LogP contribution in [0.3, 0.4) is 0 Å². The standard InChI is InChI=1S/C6H5BF3N2.K.H/c1-12-5(4-11)2-3-6(12)7(8,9)10;;/h2-3H,1H3;;/q-1;;. The van der Waals surface area contributed by atoms with Crippen molar-refractivity contribution in [1.29, 1.82) is 5.26 Å². The molecule has 1 rings (SSSR count). The number of hydrogen-bond donors (Lipinski definition) is 0. The van der Waals surface area contributed by atoms with Gasteiger partial charge in [-0.2, -0.15) is 5.26 Å². The van der Waals surface area contributed by atoms with Gasteiger partial charge in [-0.25, -0.2) is 0 Å². The molecule has 0 saturated carbocycles. The van der Waals surface area contributed by atoms with Gasteiger partial charge in [-0.1, -0.05) is 6.07 Å². The Morgan fingerprint density at radius 3 is 2.15 bits per heavy atom. The predicted molar refractivity (Wildman–Crippen MR) is 46.0 cm³/mol. The first-order valence-electron chi connectivity index (χ1n) is 3.22. The molecule has 0 spiro atoms. The number of halogens is 3. The molecule has 66 valence electrons. The maximum atomic E-state index is 12.1. The van der Waals surface area contributed by atoms with Crippen molar-refractivity contribution >= 4 is 64.0 Å². The van der Waals surface area contributed by atoms with Gasteiger partial charge in [0, 0.05) is 7.05 Å². The molecule has 0 aromatic carbocycles. The predicted octanol–water partition coefficient (Wildman–Crippen LogP) is 0.303. The minimum absolute atomic E-state index is 0. The number of aromatic nitrogens is 1. The summed E-state index contributed by atoms with van der Waals surface area (Å²) in [6, 6.07) is 3.73. The molecule has 1 heterocycles. The molecule has 0 bridgehead atoms. The van der Waals surface area contributed by atoms with Gasteiger partial charge in [-0.15, -0.1) is 0 Å². The van der Waals surface area contributed by atoms with Crippen molar-refractivity contribution in [2.45, 2.75) is 0 Å². The molecule has 0 aliphatic rings. The minimum atomic E-state index is -5.00. The zero-order valence-corrected chi connectivity index (χ0v) is 6.26. The molecular weight excluding hydrogens is 207 g/mol. The van der Waals surface area contributed by atoms with Crippen LogP contribution >= 0.6 is 0 Å². The van der Waals surface area contributed by atoms with E-state index in [-0.39, 0.29) is 57.1 Å². The molecule has 0 atom stereocenters. The van der Waals surface area contributed by atoms with Crippen molar-refractivity contribution in [3.8, 4) is 6.07 Å². The molecule has 1 aromatic rings. The fraction of sp³-hybridized carbons (Fsp3) is 0.167. The quantitative estimate of drug-likeness (QED) is 0.617. The molecule has 0 aliphatic carbocycles. The summed E-state index contributed by atoms with van der Waals surface area (Å²) in [4.78, 5) is 0. The van der Waals surface area contributed by atoms with Crippen molar-refractivity contribution in [1.82, 2.24) is 4.57 Å². The Morgan fingerprint density at radius 2 is 1.92 bits per heavy atom. The Bertz CT molecular complexity index is 339. The van der Waals surface area contributed by atoms with Crippen LogP contribution in [-0.4, -0.2) is 62.9 Å². The summed E-state index contributed by atoms with van der Waals surface area (Å²) in [5.41, 5.74) is -0.726. The third-order valence-corrected chi connectivity index (χ3v) is 1.61. The van der Waals surface area contributed by atoms with Gasteiger partial charge in [-0.3, -0.25) is 0 Å². The number of nitriles is 1. The molecule has 0 saturated heterocycles. The van der Waals surface area contributed by atoms with E-state index in [2.05, 4.69) is 0 Å².